The maximum atomic E-state index is 12.9. The highest BCUT2D eigenvalue weighted by Gasteiger charge is 2.30. The smallest absolute Gasteiger partial charge is 0.270 e. The fourth-order valence-electron chi connectivity index (χ4n) is 4.48. The number of nitrogens with zero attached hydrogens (tertiary/aromatic N) is 2. The molecular weight excluding hydrogens is 384 g/mol. The molecule has 29 heavy (non-hydrogen) atoms. The molecule has 154 valence electrons. The van der Waals surface area contributed by atoms with Crippen LogP contribution in [0, 0.1) is 10.7 Å². The van der Waals surface area contributed by atoms with Crippen molar-refractivity contribution in [2.45, 2.75) is 51.0 Å². The molecule has 1 aliphatic heterocycles. The first-order chi connectivity index (χ1) is 14.1. The minimum absolute atomic E-state index is 0.0746. The molecular formula is C22H28N4O2S. The number of likely N-dealkylation sites (tertiary alicyclic amines) is 1. The first-order valence-electron chi connectivity index (χ1n) is 10.6. The summed E-state index contributed by atoms with van der Waals surface area (Å²) in [6, 6.07) is 9.70. The molecule has 2 N–H and O–H groups in total. The maximum absolute atomic E-state index is 12.9. The summed E-state index contributed by atoms with van der Waals surface area (Å²) in [4.78, 5) is 30.6. The van der Waals surface area contributed by atoms with E-state index in [1.165, 1.54) is 19.3 Å². The van der Waals surface area contributed by atoms with Crippen LogP contribution in [0.1, 0.15) is 55.4 Å². The third kappa shape index (κ3) is 4.45. The summed E-state index contributed by atoms with van der Waals surface area (Å²) >= 11 is 5.37. The van der Waals surface area contributed by atoms with Crippen LogP contribution in [0.5, 0.6) is 0 Å². The highest BCUT2D eigenvalue weighted by atomic mass is 32.1. The maximum Gasteiger partial charge on any atom is 0.270 e. The number of aromatic nitrogens is 2. The second-order valence-electron chi connectivity index (χ2n) is 8.06. The van der Waals surface area contributed by atoms with Crippen molar-refractivity contribution >= 4 is 24.0 Å². The predicted octanol–water partition coefficient (Wildman–Crippen LogP) is 3.84. The van der Waals surface area contributed by atoms with Crippen LogP contribution in [0.4, 0.5) is 0 Å². The first kappa shape index (κ1) is 19.9. The fourth-order valence-corrected chi connectivity index (χ4v) is 4.74. The van der Waals surface area contributed by atoms with Gasteiger partial charge in [-0.15, -0.1) is 0 Å². The van der Waals surface area contributed by atoms with Gasteiger partial charge in [-0.25, -0.2) is 0 Å². The number of carbonyl (C=O) groups is 2. The molecule has 7 heteroatoms. The Morgan fingerprint density at radius 2 is 1.69 bits per heavy atom. The summed E-state index contributed by atoms with van der Waals surface area (Å²) in [5.41, 5.74) is 1.36. The van der Waals surface area contributed by atoms with Crippen molar-refractivity contribution in [3.8, 4) is 5.69 Å². The number of hydrogen-bond donors (Lipinski definition) is 2. The zero-order chi connectivity index (χ0) is 20.2. The van der Waals surface area contributed by atoms with Crippen LogP contribution in [-0.4, -0.2) is 45.4 Å². The van der Waals surface area contributed by atoms with Crippen molar-refractivity contribution in [3.05, 3.63) is 47.0 Å². The first-order valence-corrected chi connectivity index (χ1v) is 11.0. The van der Waals surface area contributed by atoms with E-state index in [4.69, 9.17) is 12.2 Å². The van der Waals surface area contributed by atoms with E-state index in [0.29, 0.717) is 16.4 Å². The standard InChI is InChI=1S/C22H28N4O2S/c27-20(19-15-23-22(29)26(19)18-9-5-2-6-10-18)24-17-11-13-25(14-12-17)21(28)16-7-3-1-4-8-16/h2,5-6,9-10,15-17H,1,3-4,7-8,11-14H2,(H,23,29)(H,24,27). The lowest BCUT2D eigenvalue weighted by atomic mass is 9.87. The zero-order valence-electron chi connectivity index (χ0n) is 16.6. The third-order valence-electron chi connectivity index (χ3n) is 6.12. The van der Waals surface area contributed by atoms with E-state index in [0.717, 1.165) is 44.5 Å². The van der Waals surface area contributed by atoms with Crippen LogP contribution in [-0.2, 0) is 4.79 Å². The molecule has 0 atom stereocenters. The van der Waals surface area contributed by atoms with Gasteiger partial charge in [0.15, 0.2) is 4.77 Å². The summed E-state index contributed by atoms with van der Waals surface area (Å²) in [6.45, 7) is 1.44. The second kappa shape index (κ2) is 8.95. The summed E-state index contributed by atoms with van der Waals surface area (Å²) < 4.78 is 2.25. The van der Waals surface area contributed by atoms with E-state index in [2.05, 4.69) is 10.3 Å². The number of para-hydroxylation sites is 1. The van der Waals surface area contributed by atoms with Crippen LogP contribution in [0.15, 0.2) is 36.5 Å². The molecule has 1 saturated heterocycles. The van der Waals surface area contributed by atoms with Gasteiger partial charge in [0.05, 0.1) is 0 Å². The Kier molecular flexibility index (Phi) is 6.13. The van der Waals surface area contributed by atoms with Crippen LogP contribution >= 0.6 is 12.2 Å². The van der Waals surface area contributed by atoms with E-state index < -0.39 is 0 Å². The lowest BCUT2D eigenvalue weighted by molar-refractivity contribution is -0.137. The van der Waals surface area contributed by atoms with Crippen molar-refractivity contribution in [1.82, 2.24) is 19.8 Å². The van der Waals surface area contributed by atoms with E-state index in [1.54, 1.807) is 10.8 Å². The van der Waals surface area contributed by atoms with Crippen LogP contribution in [0.3, 0.4) is 0 Å². The zero-order valence-corrected chi connectivity index (χ0v) is 17.4. The molecule has 1 aromatic heterocycles. The largest absolute Gasteiger partial charge is 0.348 e. The molecule has 0 unspecified atom stereocenters. The van der Waals surface area contributed by atoms with Gasteiger partial charge in [-0.1, -0.05) is 37.5 Å². The van der Waals surface area contributed by atoms with Crippen LogP contribution in [0.25, 0.3) is 5.69 Å². The van der Waals surface area contributed by atoms with Crippen molar-refractivity contribution in [2.75, 3.05) is 13.1 Å². The highest BCUT2D eigenvalue weighted by molar-refractivity contribution is 7.71. The Bertz CT molecular complexity index is 906. The normalized spacial score (nSPS) is 18.6. The van der Waals surface area contributed by atoms with Crippen molar-refractivity contribution < 1.29 is 9.59 Å². The number of aromatic amines is 1. The van der Waals surface area contributed by atoms with Crippen LogP contribution in [0.2, 0.25) is 0 Å². The van der Waals surface area contributed by atoms with Crippen molar-refractivity contribution in [2.24, 2.45) is 5.92 Å². The average Bonchev–Trinajstić information content (AvgIpc) is 3.16. The molecule has 0 spiro atoms. The molecule has 1 aliphatic carbocycles. The molecule has 6 nitrogen and oxygen atoms in total. The quantitative estimate of drug-likeness (QED) is 0.750. The van der Waals surface area contributed by atoms with Gasteiger partial charge in [-0.2, -0.15) is 0 Å². The second-order valence-corrected chi connectivity index (χ2v) is 8.44. The molecule has 2 heterocycles. The van der Waals surface area contributed by atoms with Crippen molar-refractivity contribution in [3.63, 3.8) is 0 Å². The molecule has 2 aromatic rings. The third-order valence-corrected chi connectivity index (χ3v) is 6.42. The van der Waals surface area contributed by atoms with Gasteiger partial charge in [0.2, 0.25) is 5.91 Å². The Balaban J connectivity index is 1.36. The van der Waals surface area contributed by atoms with Gasteiger partial charge in [0.25, 0.3) is 5.91 Å². The number of carbonyl (C=O) groups excluding carboxylic acids is 2. The Morgan fingerprint density at radius 3 is 2.38 bits per heavy atom. The van der Waals surface area contributed by atoms with Gasteiger partial charge in [0.1, 0.15) is 5.69 Å². The number of benzene rings is 1. The van der Waals surface area contributed by atoms with E-state index in [1.807, 2.05) is 35.2 Å². The van der Waals surface area contributed by atoms with E-state index >= 15 is 0 Å². The molecule has 1 aromatic carbocycles. The Labute approximate surface area is 176 Å². The topological polar surface area (TPSA) is 70.1 Å². The number of piperidine rings is 1. The highest BCUT2D eigenvalue weighted by Crippen LogP contribution is 2.26. The minimum Gasteiger partial charge on any atom is -0.348 e. The molecule has 2 amide bonds. The Hall–Kier alpha value is -2.41. The lowest BCUT2D eigenvalue weighted by Gasteiger charge is -2.35. The SMILES string of the molecule is O=C(NC1CCN(C(=O)C2CCCCC2)CC1)c1c[nH]c(=S)n1-c1ccccc1. The monoisotopic (exact) mass is 412 g/mol. The molecule has 1 saturated carbocycles. The average molecular weight is 413 g/mol. The summed E-state index contributed by atoms with van der Waals surface area (Å²) in [6.07, 6.45) is 8.91. The number of nitrogens with one attached hydrogen (secondary N) is 2. The van der Waals surface area contributed by atoms with Gasteiger partial charge in [-0.3, -0.25) is 14.2 Å². The molecule has 0 radical (unpaired) electrons. The number of rotatable bonds is 4. The minimum atomic E-state index is -0.140. The Morgan fingerprint density at radius 1 is 1.00 bits per heavy atom. The predicted molar refractivity (Wildman–Crippen MR) is 115 cm³/mol. The van der Waals surface area contributed by atoms with Gasteiger partial charge in [-0.05, 0) is 50.0 Å². The number of imidazole rings is 1. The molecule has 4 rings (SSSR count). The number of amides is 2. The number of H-pyrrole nitrogens is 1. The molecule has 0 bridgehead atoms. The van der Waals surface area contributed by atoms with Crippen LogP contribution < -0.4 is 5.32 Å². The fraction of sp³-hybridized carbons (Fsp3) is 0.500. The summed E-state index contributed by atoms with van der Waals surface area (Å²) in [5.74, 6) is 0.390. The van der Waals surface area contributed by atoms with Gasteiger partial charge in [0, 0.05) is 36.9 Å². The lowest BCUT2D eigenvalue weighted by Crippen LogP contribution is -2.48. The molecule has 2 aliphatic rings. The van der Waals surface area contributed by atoms with Crippen molar-refractivity contribution in [1.29, 1.82) is 0 Å². The number of hydrogen-bond acceptors (Lipinski definition) is 3. The van der Waals surface area contributed by atoms with E-state index in [-0.39, 0.29) is 17.9 Å². The van der Waals surface area contributed by atoms with E-state index in [9.17, 15) is 9.59 Å². The summed E-state index contributed by atoms with van der Waals surface area (Å²) in [7, 11) is 0. The summed E-state index contributed by atoms with van der Waals surface area (Å²) in [5, 5.41) is 3.13. The van der Waals surface area contributed by atoms with Gasteiger partial charge >= 0.3 is 0 Å². The van der Waals surface area contributed by atoms with Gasteiger partial charge < -0.3 is 15.2 Å². The molecule has 2 fully saturated rings.